The third-order valence-corrected chi connectivity index (χ3v) is 8.24. The molecule has 41 heavy (non-hydrogen) atoms. The van der Waals surface area contributed by atoms with Crippen LogP contribution in [0.5, 0.6) is 5.75 Å². The highest BCUT2D eigenvalue weighted by molar-refractivity contribution is 7.92. The number of hydrogen-bond acceptors (Lipinski definition) is 5. The van der Waals surface area contributed by atoms with Crippen LogP contribution in [0.15, 0.2) is 72.8 Å². The zero-order valence-electron chi connectivity index (χ0n) is 24.1. The lowest BCUT2D eigenvalue weighted by Crippen LogP contribution is -2.54. The Bertz CT molecular complexity index is 1450. The average molecular weight is 600 g/mol. The molecule has 0 spiro atoms. The van der Waals surface area contributed by atoms with Crippen molar-refractivity contribution < 1.29 is 22.7 Å². The van der Waals surface area contributed by atoms with E-state index in [0.717, 1.165) is 21.7 Å². The molecule has 0 unspecified atom stereocenters. The van der Waals surface area contributed by atoms with Crippen molar-refractivity contribution in [3.05, 3.63) is 94.5 Å². The summed E-state index contributed by atoms with van der Waals surface area (Å²) in [4.78, 5) is 29.4. The second-order valence-electron chi connectivity index (χ2n) is 10.1. The standard InChI is InChI=1S/C31H38ClN3O5S/c1-6-23(3)33-31(37)29(18-24-11-8-7-9-12-24)34(20-25-13-10-14-27(17-25)40-4)30(36)21-35(41(5,38)39)28-19-26(32)16-15-22(28)2/h7-17,19,23,29H,6,18,20-21H2,1-5H3,(H,33,37)/t23-,29+/m1/s1. The first kappa shape index (κ1) is 32.0. The van der Waals surface area contributed by atoms with Crippen LogP contribution in [0.2, 0.25) is 5.02 Å². The number of nitrogens with zero attached hydrogens (tertiary/aromatic N) is 2. The van der Waals surface area contributed by atoms with Gasteiger partial charge in [-0.3, -0.25) is 13.9 Å². The summed E-state index contributed by atoms with van der Waals surface area (Å²) < 4.78 is 32.4. The Kier molecular flexibility index (Phi) is 11.2. The van der Waals surface area contributed by atoms with E-state index in [1.807, 2.05) is 50.2 Å². The van der Waals surface area contributed by atoms with E-state index in [-0.39, 0.29) is 24.9 Å². The number of sulfonamides is 1. The van der Waals surface area contributed by atoms with Crippen molar-refractivity contribution in [1.29, 1.82) is 0 Å². The first-order valence-electron chi connectivity index (χ1n) is 13.4. The molecule has 0 radical (unpaired) electrons. The quantitative estimate of drug-likeness (QED) is 0.299. The van der Waals surface area contributed by atoms with Gasteiger partial charge in [-0.2, -0.15) is 0 Å². The summed E-state index contributed by atoms with van der Waals surface area (Å²) in [6.45, 7) is 5.17. The molecule has 0 saturated heterocycles. The van der Waals surface area contributed by atoms with Crippen LogP contribution in [0, 0.1) is 6.92 Å². The monoisotopic (exact) mass is 599 g/mol. The Morgan fingerprint density at radius 2 is 1.68 bits per heavy atom. The van der Waals surface area contributed by atoms with Crippen LogP contribution in [0.3, 0.4) is 0 Å². The molecule has 0 aliphatic carbocycles. The summed E-state index contributed by atoms with van der Waals surface area (Å²) in [5.41, 5.74) is 2.54. The molecular weight excluding hydrogens is 562 g/mol. The van der Waals surface area contributed by atoms with Gasteiger partial charge in [0, 0.05) is 24.0 Å². The zero-order valence-corrected chi connectivity index (χ0v) is 25.7. The van der Waals surface area contributed by atoms with Crippen molar-refractivity contribution in [1.82, 2.24) is 10.2 Å². The third-order valence-electron chi connectivity index (χ3n) is 6.88. The summed E-state index contributed by atoms with van der Waals surface area (Å²) in [6.07, 6.45) is 2.00. The van der Waals surface area contributed by atoms with E-state index in [4.69, 9.17) is 16.3 Å². The van der Waals surface area contributed by atoms with E-state index < -0.39 is 28.5 Å². The number of anilines is 1. The average Bonchev–Trinajstić information content (AvgIpc) is 2.94. The molecule has 0 saturated carbocycles. The fourth-order valence-corrected chi connectivity index (χ4v) is 5.47. The number of rotatable bonds is 13. The molecule has 0 aromatic heterocycles. The normalized spacial score (nSPS) is 12.7. The van der Waals surface area contributed by atoms with E-state index in [0.29, 0.717) is 28.4 Å². The maximum absolute atomic E-state index is 14.2. The molecule has 3 rings (SSSR count). The van der Waals surface area contributed by atoms with E-state index >= 15 is 0 Å². The van der Waals surface area contributed by atoms with Crippen molar-refractivity contribution >= 4 is 39.1 Å². The second-order valence-corrected chi connectivity index (χ2v) is 12.4. The number of halogens is 1. The maximum Gasteiger partial charge on any atom is 0.244 e. The van der Waals surface area contributed by atoms with Crippen LogP contribution in [-0.2, 0) is 32.6 Å². The van der Waals surface area contributed by atoms with Crippen LogP contribution < -0.4 is 14.4 Å². The molecule has 0 heterocycles. The number of carbonyl (C=O) groups excluding carboxylic acids is 2. The van der Waals surface area contributed by atoms with E-state index in [1.165, 1.54) is 11.0 Å². The Balaban J connectivity index is 2.10. The Labute approximate surface area is 248 Å². The summed E-state index contributed by atoms with van der Waals surface area (Å²) in [5.74, 6) is -0.243. The predicted octanol–water partition coefficient (Wildman–Crippen LogP) is 4.98. The fourth-order valence-electron chi connectivity index (χ4n) is 4.41. The smallest absolute Gasteiger partial charge is 0.244 e. The molecule has 0 aliphatic rings. The highest BCUT2D eigenvalue weighted by Gasteiger charge is 2.33. The van der Waals surface area contributed by atoms with Crippen LogP contribution in [0.4, 0.5) is 5.69 Å². The van der Waals surface area contributed by atoms with Gasteiger partial charge in [0.15, 0.2) is 0 Å². The first-order valence-corrected chi connectivity index (χ1v) is 15.7. The van der Waals surface area contributed by atoms with Gasteiger partial charge < -0.3 is 15.0 Å². The van der Waals surface area contributed by atoms with E-state index in [2.05, 4.69) is 5.32 Å². The van der Waals surface area contributed by atoms with Gasteiger partial charge in [-0.1, -0.05) is 67.1 Å². The molecule has 8 nitrogen and oxygen atoms in total. The van der Waals surface area contributed by atoms with Crippen LogP contribution in [0.1, 0.15) is 37.0 Å². The number of nitrogens with one attached hydrogen (secondary N) is 1. The molecule has 2 amide bonds. The van der Waals surface area contributed by atoms with Crippen molar-refractivity contribution in [2.75, 3.05) is 24.2 Å². The molecule has 0 bridgehead atoms. The number of carbonyl (C=O) groups is 2. The van der Waals surface area contributed by atoms with Gasteiger partial charge in [-0.25, -0.2) is 8.42 Å². The van der Waals surface area contributed by atoms with Crippen molar-refractivity contribution in [3.8, 4) is 5.75 Å². The topological polar surface area (TPSA) is 96.0 Å². The molecule has 3 aromatic rings. The lowest BCUT2D eigenvalue weighted by molar-refractivity contribution is -0.140. The van der Waals surface area contributed by atoms with Crippen LogP contribution in [0.25, 0.3) is 0 Å². The minimum Gasteiger partial charge on any atom is -0.497 e. The SMILES string of the molecule is CC[C@@H](C)NC(=O)[C@H](Cc1ccccc1)N(Cc1cccc(OC)c1)C(=O)CN(c1cc(Cl)ccc1C)S(C)(=O)=O. The van der Waals surface area contributed by atoms with E-state index in [1.54, 1.807) is 44.4 Å². The third kappa shape index (κ3) is 8.96. The van der Waals surface area contributed by atoms with Crippen molar-refractivity contribution in [2.24, 2.45) is 0 Å². The number of ether oxygens (including phenoxy) is 1. The van der Waals surface area contributed by atoms with Gasteiger partial charge in [-0.05, 0) is 61.2 Å². The highest BCUT2D eigenvalue weighted by Crippen LogP contribution is 2.27. The predicted molar refractivity (Wildman–Crippen MR) is 164 cm³/mol. The molecule has 2 atom stereocenters. The summed E-state index contributed by atoms with van der Waals surface area (Å²) in [7, 11) is -2.34. The number of aryl methyl sites for hydroxylation is 1. The summed E-state index contributed by atoms with van der Waals surface area (Å²) in [6, 6.07) is 20.5. The highest BCUT2D eigenvalue weighted by atomic mass is 35.5. The number of methoxy groups -OCH3 is 1. The van der Waals surface area contributed by atoms with Gasteiger partial charge in [0.25, 0.3) is 0 Å². The van der Waals surface area contributed by atoms with Gasteiger partial charge in [0.05, 0.1) is 19.1 Å². The molecule has 3 aromatic carbocycles. The molecule has 0 aliphatic heterocycles. The minimum atomic E-state index is -3.89. The van der Waals surface area contributed by atoms with Crippen LogP contribution >= 0.6 is 11.6 Å². The van der Waals surface area contributed by atoms with Gasteiger partial charge in [0.1, 0.15) is 18.3 Å². The zero-order chi connectivity index (χ0) is 30.2. The lowest BCUT2D eigenvalue weighted by Gasteiger charge is -2.34. The molecule has 0 fully saturated rings. The largest absolute Gasteiger partial charge is 0.497 e. The van der Waals surface area contributed by atoms with Gasteiger partial charge in [-0.15, -0.1) is 0 Å². The molecule has 10 heteroatoms. The number of amides is 2. The second kappa shape index (κ2) is 14.4. The van der Waals surface area contributed by atoms with E-state index in [9.17, 15) is 18.0 Å². The Hall–Kier alpha value is -3.56. The Morgan fingerprint density at radius 1 is 1.00 bits per heavy atom. The Morgan fingerprint density at radius 3 is 2.32 bits per heavy atom. The lowest BCUT2D eigenvalue weighted by atomic mass is 10.0. The van der Waals surface area contributed by atoms with Gasteiger partial charge in [0.2, 0.25) is 21.8 Å². The minimum absolute atomic E-state index is 0.0631. The maximum atomic E-state index is 14.2. The summed E-state index contributed by atoms with van der Waals surface area (Å²) in [5, 5.41) is 3.36. The van der Waals surface area contributed by atoms with Gasteiger partial charge >= 0.3 is 0 Å². The summed E-state index contributed by atoms with van der Waals surface area (Å²) >= 11 is 6.21. The number of hydrogen-bond donors (Lipinski definition) is 1. The van der Waals surface area contributed by atoms with Crippen molar-refractivity contribution in [2.45, 2.75) is 52.2 Å². The fraction of sp³-hybridized carbons (Fsp3) is 0.355. The molecular formula is C31H38ClN3O5S. The number of benzene rings is 3. The van der Waals surface area contributed by atoms with Crippen LogP contribution in [-0.4, -0.2) is 57.1 Å². The van der Waals surface area contributed by atoms with Crippen molar-refractivity contribution in [3.63, 3.8) is 0 Å². The molecule has 220 valence electrons. The molecule has 1 N–H and O–H groups in total. The first-order chi connectivity index (χ1) is 19.4.